The average molecular weight is 465 g/mol. The molecule has 0 aromatic heterocycles. The Hall–Kier alpha value is -2.24. The van der Waals surface area contributed by atoms with Gasteiger partial charge in [-0.15, -0.1) is 0 Å². The lowest BCUT2D eigenvalue weighted by Crippen LogP contribution is -2.52. The number of rotatable bonds is 3. The molecule has 0 amide bonds. The number of allylic oxidation sites excluding steroid dienone is 1. The second-order valence-electron chi connectivity index (χ2n) is 11.8. The maximum absolute atomic E-state index is 14.1. The van der Waals surface area contributed by atoms with Crippen molar-refractivity contribution in [1.82, 2.24) is 0 Å². The number of hydrogen-bond donors (Lipinski definition) is 1. The minimum atomic E-state index is -1.43. The van der Waals surface area contributed by atoms with Gasteiger partial charge in [-0.2, -0.15) is 0 Å². The van der Waals surface area contributed by atoms with Gasteiger partial charge in [-0.3, -0.25) is 4.79 Å². The maximum atomic E-state index is 14.1. The molecule has 1 aromatic rings. The van der Waals surface area contributed by atoms with Crippen molar-refractivity contribution in [2.75, 3.05) is 0 Å². The average Bonchev–Trinajstić information content (AvgIpc) is 3.57. The van der Waals surface area contributed by atoms with E-state index < -0.39 is 29.2 Å². The van der Waals surface area contributed by atoms with Crippen LogP contribution in [0.25, 0.3) is 6.08 Å². The number of fused-ring (bicyclic) bond motifs is 4. The Morgan fingerprint density at radius 1 is 1.21 bits per heavy atom. The van der Waals surface area contributed by atoms with Gasteiger partial charge in [0.15, 0.2) is 5.60 Å². The lowest BCUT2D eigenvalue weighted by molar-refractivity contribution is -0.168. The largest absolute Gasteiger partial charge is 0.447 e. The monoisotopic (exact) mass is 464 g/mol. The molecule has 3 fully saturated rings. The number of Topliss-reactive ketones (excluding diaryl/α,β-unsaturated/α-hetero) is 1. The van der Waals surface area contributed by atoms with Gasteiger partial charge in [0.05, 0.1) is 23.7 Å². The highest BCUT2D eigenvalue weighted by Gasteiger charge is 2.71. The number of aliphatic hydroxyl groups excluding tert-OH is 1. The van der Waals surface area contributed by atoms with E-state index in [1.807, 2.05) is 44.2 Å². The Labute approximate surface area is 202 Å². The van der Waals surface area contributed by atoms with Crippen molar-refractivity contribution in [3.8, 4) is 0 Å². The van der Waals surface area contributed by atoms with Crippen molar-refractivity contribution < 1.29 is 24.2 Å². The van der Waals surface area contributed by atoms with E-state index in [9.17, 15) is 14.7 Å². The summed E-state index contributed by atoms with van der Waals surface area (Å²) < 4.78 is 12.3. The number of esters is 1. The topological polar surface area (TPSA) is 76.1 Å². The second kappa shape index (κ2) is 7.89. The number of carbonyl (C=O) groups excluding carboxylic acids is 2. The summed E-state index contributed by atoms with van der Waals surface area (Å²) in [7, 11) is 0. The Kier molecular flexibility index (Phi) is 5.45. The molecule has 5 heteroatoms. The quantitative estimate of drug-likeness (QED) is 0.397. The van der Waals surface area contributed by atoms with Crippen molar-refractivity contribution in [2.24, 2.45) is 29.1 Å². The molecular formula is C29H36O5. The standard InChI is InChI=1S/C29H36O5/c1-17-15-21-20(27(21,3)4)13-14-28(5)26(34-28)23-24(31)18(2)16-29(23,25(17)32)33-22(30)12-11-19-9-7-6-8-10-19/h6-12,15,18,20-21,23-24,26,31H,13-14,16H2,1-5H3/b12-11+,17-15?/t18-,20-,21+,23?,24-,26+,28+,29+/m0/s1. The third-order valence-electron chi connectivity index (χ3n) is 9.14. The first-order valence-corrected chi connectivity index (χ1v) is 12.5. The van der Waals surface area contributed by atoms with Gasteiger partial charge in [0, 0.05) is 12.5 Å². The van der Waals surface area contributed by atoms with Crippen molar-refractivity contribution in [2.45, 2.75) is 77.3 Å². The van der Waals surface area contributed by atoms with Crippen LogP contribution in [0.2, 0.25) is 0 Å². The molecule has 0 bridgehead atoms. The zero-order chi connectivity index (χ0) is 24.5. The van der Waals surface area contributed by atoms with Crippen molar-refractivity contribution >= 4 is 17.8 Å². The van der Waals surface area contributed by atoms with Crippen LogP contribution in [-0.2, 0) is 19.1 Å². The third kappa shape index (κ3) is 3.68. The summed E-state index contributed by atoms with van der Waals surface area (Å²) in [6.07, 6.45) is 6.26. The molecule has 182 valence electrons. The molecule has 2 saturated carbocycles. The number of epoxide rings is 1. The van der Waals surface area contributed by atoms with Crippen LogP contribution in [0.5, 0.6) is 0 Å². The number of carbonyl (C=O) groups is 2. The summed E-state index contributed by atoms with van der Waals surface area (Å²) in [6.45, 7) is 10.3. The number of aliphatic hydroxyl groups is 1. The maximum Gasteiger partial charge on any atom is 0.331 e. The highest BCUT2D eigenvalue weighted by atomic mass is 16.6. The number of ketones is 1. The van der Waals surface area contributed by atoms with Crippen LogP contribution in [0.3, 0.4) is 0 Å². The molecule has 1 N–H and O–H groups in total. The molecule has 1 unspecified atom stereocenters. The SMILES string of the molecule is CC1=C[C@@H]2[C@H](CC[C@@]3(C)O[C@@H]3C3[C@@H](O)[C@@H](C)C[C@]3(OC(=O)/C=C/c3ccccc3)C1=O)C2(C)C. The molecule has 1 aliphatic heterocycles. The lowest BCUT2D eigenvalue weighted by atomic mass is 9.77. The Morgan fingerprint density at radius 2 is 1.91 bits per heavy atom. The van der Waals surface area contributed by atoms with Gasteiger partial charge in [0.25, 0.3) is 0 Å². The minimum Gasteiger partial charge on any atom is -0.447 e. The van der Waals surface area contributed by atoms with Gasteiger partial charge in [0.2, 0.25) is 5.78 Å². The highest BCUT2D eigenvalue weighted by Crippen LogP contribution is 2.64. The van der Waals surface area contributed by atoms with Crippen LogP contribution in [0.1, 0.15) is 59.4 Å². The Morgan fingerprint density at radius 3 is 2.62 bits per heavy atom. The smallest absolute Gasteiger partial charge is 0.331 e. The fourth-order valence-electron chi connectivity index (χ4n) is 6.83. The second-order valence-corrected chi connectivity index (χ2v) is 11.8. The summed E-state index contributed by atoms with van der Waals surface area (Å²) in [4.78, 5) is 27.2. The van der Waals surface area contributed by atoms with Crippen molar-refractivity contribution in [1.29, 1.82) is 0 Å². The number of hydrogen-bond acceptors (Lipinski definition) is 5. The van der Waals surface area contributed by atoms with Gasteiger partial charge >= 0.3 is 5.97 Å². The molecule has 1 saturated heterocycles. The van der Waals surface area contributed by atoms with E-state index in [2.05, 4.69) is 26.8 Å². The molecule has 5 nitrogen and oxygen atoms in total. The molecule has 1 heterocycles. The zero-order valence-electron chi connectivity index (χ0n) is 20.8. The molecule has 0 spiro atoms. The molecule has 34 heavy (non-hydrogen) atoms. The van der Waals surface area contributed by atoms with E-state index in [0.717, 1.165) is 18.4 Å². The Bertz CT molecular complexity index is 1060. The van der Waals surface area contributed by atoms with Gasteiger partial charge in [0.1, 0.15) is 0 Å². The first-order valence-electron chi connectivity index (χ1n) is 12.5. The number of ether oxygens (including phenoxy) is 2. The van der Waals surface area contributed by atoms with Gasteiger partial charge in [-0.25, -0.2) is 4.79 Å². The molecule has 8 atom stereocenters. The normalized spacial score (nSPS) is 42.6. The summed E-state index contributed by atoms with van der Waals surface area (Å²) >= 11 is 0. The highest BCUT2D eigenvalue weighted by molar-refractivity contribution is 6.04. The van der Waals surface area contributed by atoms with Crippen LogP contribution in [-0.4, -0.2) is 40.3 Å². The first kappa shape index (κ1) is 23.5. The van der Waals surface area contributed by atoms with E-state index >= 15 is 0 Å². The van der Waals surface area contributed by atoms with E-state index in [0.29, 0.717) is 23.8 Å². The minimum absolute atomic E-state index is 0.144. The van der Waals surface area contributed by atoms with Crippen molar-refractivity contribution in [3.63, 3.8) is 0 Å². The third-order valence-corrected chi connectivity index (χ3v) is 9.14. The predicted molar refractivity (Wildman–Crippen MR) is 130 cm³/mol. The summed E-state index contributed by atoms with van der Waals surface area (Å²) in [5.74, 6) is -0.704. The summed E-state index contributed by atoms with van der Waals surface area (Å²) in [5.41, 5.74) is -0.200. The van der Waals surface area contributed by atoms with Gasteiger partial charge in [-0.1, -0.05) is 57.2 Å². The molecular weight excluding hydrogens is 428 g/mol. The van der Waals surface area contributed by atoms with E-state index in [4.69, 9.17) is 9.47 Å². The van der Waals surface area contributed by atoms with Gasteiger partial charge in [-0.05, 0) is 67.1 Å². The molecule has 4 aliphatic rings. The van der Waals surface area contributed by atoms with Gasteiger partial charge < -0.3 is 14.6 Å². The predicted octanol–water partition coefficient (Wildman–Crippen LogP) is 4.74. The van der Waals surface area contributed by atoms with Crippen LogP contribution in [0.15, 0.2) is 48.1 Å². The van der Waals surface area contributed by atoms with Crippen molar-refractivity contribution in [3.05, 3.63) is 53.6 Å². The Balaban J connectivity index is 1.53. The molecule has 5 rings (SSSR count). The molecule has 0 radical (unpaired) electrons. The fraction of sp³-hybridized carbons (Fsp3) is 0.586. The summed E-state index contributed by atoms with van der Waals surface area (Å²) in [6, 6.07) is 9.50. The van der Waals surface area contributed by atoms with E-state index in [1.54, 1.807) is 6.08 Å². The summed E-state index contributed by atoms with van der Waals surface area (Å²) in [5, 5.41) is 11.2. The molecule has 1 aromatic carbocycles. The van der Waals surface area contributed by atoms with E-state index in [-0.39, 0.29) is 23.2 Å². The van der Waals surface area contributed by atoms with Crippen LogP contribution >= 0.6 is 0 Å². The van der Waals surface area contributed by atoms with E-state index in [1.165, 1.54) is 6.08 Å². The lowest BCUT2D eigenvalue weighted by Gasteiger charge is -2.34. The van der Waals surface area contributed by atoms with Crippen LogP contribution < -0.4 is 0 Å². The van der Waals surface area contributed by atoms with Crippen LogP contribution in [0, 0.1) is 29.1 Å². The molecule has 3 aliphatic carbocycles. The van der Waals surface area contributed by atoms with Crippen LogP contribution in [0.4, 0.5) is 0 Å². The number of benzene rings is 1. The zero-order valence-corrected chi connectivity index (χ0v) is 20.8. The first-order chi connectivity index (χ1) is 16.0. The fourth-order valence-corrected chi connectivity index (χ4v) is 6.83.